The van der Waals surface area contributed by atoms with Crippen molar-refractivity contribution in [3.05, 3.63) is 40.8 Å². The summed E-state index contributed by atoms with van der Waals surface area (Å²) in [5.41, 5.74) is 0.463. The lowest BCUT2D eigenvalue weighted by atomic mass is 10.1. The summed E-state index contributed by atoms with van der Waals surface area (Å²) in [6.07, 6.45) is 1.60. The highest BCUT2D eigenvalue weighted by atomic mass is 35.5. The number of carboxylic acid groups (broad SMARTS) is 1. The SMILES string of the molecule is CCNc1nc(Cl)nc(NC(C)(C)C)n1.O=C(O)COc1ccc(Cl)c2cccnc12. The predicted molar refractivity (Wildman–Crippen MR) is 122 cm³/mol. The maximum Gasteiger partial charge on any atom is 0.341 e. The average Bonchev–Trinajstić information content (AvgIpc) is 2.66. The van der Waals surface area contributed by atoms with Gasteiger partial charge in [-0.3, -0.25) is 4.98 Å². The summed E-state index contributed by atoms with van der Waals surface area (Å²) in [6.45, 7) is 8.39. The molecule has 166 valence electrons. The quantitative estimate of drug-likeness (QED) is 0.480. The van der Waals surface area contributed by atoms with Gasteiger partial charge in [0.1, 0.15) is 11.3 Å². The molecule has 0 unspecified atom stereocenters. The van der Waals surface area contributed by atoms with Crippen molar-refractivity contribution in [1.29, 1.82) is 0 Å². The number of anilines is 2. The largest absolute Gasteiger partial charge is 0.480 e. The fourth-order valence-electron chi connectivity index (χ4n) is 2.35. The minimum atomic E-state index is -1.03. The van der Waals surface area contributed by atoms with Crippen LogP contribution in [-0.4, -0.2) is 49.7 Å². The Morgan fingerprint density at radius 3 is 2.48 bits per heavy atom. The third-order valence-corrected chi connectivity index (χ3v) is 3.96. The van der Waals surface area contributed by atoms with Gasteiger partial charge in [0.25, 0.3) is 0 Å². The first-order valence-corrected chi connectivity index (χ1v) is 10.2. The number of aromatic nitrogens is 4. The number of fused-ring (bicyclic) bond motifs is 1. The van der Waals surface area contributed by atoms with E-state index in [0.717, 1.165) is 11.9 Å². The lowest BCUT2D eigenvalue weighted by Gasteiger charge is -2.20. The van der Waals surface area contributed by atoms with Gasteiger partial charge in [0, 0.05) is 23.7 Å². The van der Waals surface area contributed by atoms with Crippen LogP contribution >= 0.6 is 23.2 Å². The van der Waals surface area contributed by atoms with Gasteiger partial charge >= 0.3 is 5.97 Å². The van der Waals surface area contributed by atoms with E-state index >= 15 is 0 Å². The molecule has 11 heteroatoms. The highest BCUT2D eigenvalue weighted by Gasteiger charge is 2.13. The zero-order valence-corrected chi connectivity index (χ0v) is 19.1. The Hall–Kier alpha value is -2.91. The number of pyridine rings is 1. The summed E-state index contributed by atoms with van der Waals surface area (Å²) in [6, 6.07) is 6.83. The topological polar surface area (TPSA) is 122 Å². The Kier molecular flexibility index (Phi) is 8.58. The molecule has 0 aliphatic rings. The maximum absolute atomic E-state index is 10.4. The number of aliphatic carboxylic acids is 1. The molecule has 0 amide bonds. The summed E-state index contributed by atoms with van der Waals surface area (Å²) in [7, 11) is 0. The lowest BCUT2D eigenvalue weighted by Crippen LogP contribution is -2.27. The van der Waals surface area contributed by atoms with E-state index in [4.69, 9.17) is 33.0 Å². The van der Waals surface area contributed by atoms with Crippen molar-refractivity contribution >= 4 is 52.0 Å². The van der Waals surface area contributed by atoms with Crippen LogP contribution in [0.1, 0.15) is 27.7 Å². The minimum absolute atomic E-state index is 0.103. The molecule has 0 spiro atoms. The second kappa shape index (κ2) is 10.9. The van der Waals surface area contributed by atoms with E-state index in [0.29, 0.717) is 28.2 Å². The summed E-state index contributed by atoms with van der Waals surface area (Å²) in [5, 5.41) is 16.1. The van der Waals surface area contributed by atoms with Gasteiger partial charge in [-0.25, -0.2) is 4.79 Å². The molecule has 3 aromatic rings. The molecule has 0 aliphatic heterocycles. The lowest BCUT2D eigenvalue weighted by molar-refractivity contribution is -0.139. The van der Waals surface area contributed by atoms with E-state index in [1.54, 1.807) is 30.5 Å². The first-order valence-electron chi connectivity index (χ1n) is 9.40. The smallest absolute Gasteiger partial charge is 0.341 e. The zero-order valence-electron chi connectivity index (χ0n) is 17.6. The molecule has 31 heavy (non-hydrogen) atoms. The summed E-state index contributed by atoms with van der Waals surface area (Å²) in [4.78, 5) is 26.6. The number of ether oxygens (including phenoxy) is 1. The van der Waals surface area contributed by atoms with E-state index in [-0.39, 0.29) is 10.8 Å². The Balaban J connectivity index is 0.000000221. The van der Waals surface area contributed by atoms with E-state index < -0.39 is 12.6 Å². The highest BCUT2D eigenvalue weighted by molar-refractivity contribution is 6.35. The molecular weight excluding hydrogens is 443 g/mol. The van der Waals surface area contributed by atoms with E-state index in [2.05, 4.69) is 30.6 Å². The van der Waals surface area contributed by atoms with Crippen LogP contribution in [0.5, 0.6) is 5.75 Å². The Morgan fingerprint density at radius 1 is 1.13 bits per heavy atom. The first kappa shape index (κ1) is 24.4. The van der Waals surface area contributed by atoms with Gasteiger partial charge in [-0.05, 0) is 63.6 Å². The number of hydrogen-bond acceptors (Lipinski definition) is 8. The number of carbonyl (C=O) groups is 1. The molecule has 1 aromatic carbocycles. The zero-order chi connectivity index (χ0) is 23.0. The van der Waals surface area contributed by atoms with Gasteiger partial charge < -0.3 is 20.5 Å². The van der Waals surface area contributed by atoms with Crippen molar-refractivity contribution in [3.8, 4) is 5.75 Å². The minimum Gasteiger partial charge on any atom is -0.480 e. The van der Waals surface area contributed by atoms with Crippen molar-refractivity contribution in [2.75, 3.05) is 23.8 Å². The average molecular weight is 467 g/mol. The number of halogens is 2. The molecule has 3 N–H and O–H groups in total. The van der Waals surface area contributed by atoms with Crippen molar-refractivity contribution in [2.45, 2.75) is 33.2 Å². The van der Waals surface area contributed by atoms with E-state index in [9.17, 15) is 4.79 Å². The summed E-state index contributed by atoms with van der Waals surface area (Å²) >= 11 is 11.8. The van der Waals surface area contributed by atoms with Gasteiger partial charge in [-0.1, -0.05) is 11.6 Å². The van der Waals surface area contributed by atoms with Gasteiger partial charge in [0.15, 0.2) is 6.61 Å². The number of hydrogen-bond donors (Lipinski definition) is 3. The van der Waals surface area contributed by atoms with Gasteiger partial charge in [-0.2, -0.15) is 15.0 Å². The van der Waals surface area contributed by atoms with Crippen LogP contribution in [-0.2, 0) is 4.79 Å². The summed E-state index contributed by atoms with van der Waals surface area (Å²) in [5.74, 6) is 0.365. The van der Waals surface area contributed by atoms with Gasteiger partial charge in [0.05, 0.1) is 5.02 Å². The van der Waals surface area contributed by atoms with Gasteiger partial charge in [0.2, 0.25) is 17.2 Å². The molecule has 0 aliphatic carbocycles. The number of nitrogens with zero attached hydrogens (tertiary/aromatic N) is 4. The number of nitrogens with one attached hydrogen (secondary N) is 2. The molecule has 3 rings (SSSR count). The molecule has 0 radical (unpaired) electrons. The molecule has 0 atom stereocenters. The van der Waals surface area contributed by atoms with Crippen molar-refractivity contribution in [1.82, 2.24) is 19.9 Å². The van der Waals surface area contributed by atoms with Crippen LogP contribution in [0, 0.1) is 0 Å². The van der Waals surface area contributed by atoms with Crippen molar-refractivity contribution < 1.29 is 14.6 Å². The maximum atomic E-state index is 10.4. The molecule has 2 aromatic heterocycles. The predicted octanol–water partition coefficient (Wildman–Crippen LogP) is 4.52. The first-order chi connectivity index (χ1) is 14.6. The normalized spacial score (nSPS) is 10.8. The van der Waals surface area contributed by atoms with Crippen LogP contribution in [0.4, 0.5) is 11.9 Å². The number of carboxylic acids is 1. The van der Waals surface area contributed by atoms with Crippen molar-refractivity contribution in [2.24, 2.45) is 0 Å². The van der Waals surface area contributed by atoms with E-state index in [1.807, 2.05) is 27.7 Å². The van der Waals surface area contributed by atoms with Crippen molar-refractivity contribution in [3.63, 3.8) is 0 Å². The van der Waals surface area contributed by atoms with Crippen LogP contribution in [0.2, 0.25) is 10.3 Å². The fraction of sp³-hybridized carbons (Fsp3) is 0.350. The van der Waals surface area contributed by atoms with E-state index in [1.165, 1.54) is 0 Å². The van der Waals surface area contributed by atoms with Crippen LogP contribution in [0.3, 0.4) is 0 Å². The second-order valence-corrected chi connectivity index (χ2v) is 8.03. The second-order valence-electron chi connectivity index (χ2n) is 7.28. The molecular formula is C20H24Cl2N6O3. The van der Waals surface area contributed by atoms with Crippen LogP contribution in [0.15, 0.2) is 30.5 Å². The summed E-state index contributed by atoms with van der Waals surface area (Å²) < 4.78 is 5.12. The molecule has 0 saturated heterocycles. The number of benzene rings is 1. The Labute approximate surface area is 190 Å². The molecule has 0 bridgehead atoms. The molecule has 9 nitrogen and oxygen atoms in total. The fourth-order valence-corrected chi connectivity index (χ4v) is 2.72. The standard InChI is InChI=1S/C11H8ClNO3.C9H16ClN5/c12-8-3-4-9(16-6-10(14)15)11-7(8)2-1-5-13-11;1-5-11-7-12-6(10)13-8(14-7)15-9(2,3)4/h1-5H,6H2,(H,14,15);5H2,1-4H3,(H2,11,12,13,14,15). The Morgan fingerprint density at radius 2 is 1.84 bits per heavy atom. The number of rotatable bonds is 6. The molecule has 0 saturated carbocycles. The monoisotopic (exact) mass is 466 g/mol. The van der Waals surface area contributed by atoms with Crippen LogP contribution in [0.25, 0.3) is 10.9 Å². The van der Waals surface area contributed by atoms with Gasteiger partial charge in [-0.15, -0.1) is 0 Å². The highest BCUT2D eigenvalue weighted by Crippen LogP contribution is 2.29. The Bertz CT molecular complexity index is 1040. The molecule has 2 heterocycles. The van der Waals surface area contributed by atoms with Crippen LogP contribution < -0.4 is 15.4 Å². The third-order valence-electron chi connectivity index (χ3n) is 3.46. The third kappa shape index (κ3) is 8.03. The molecule has 0 fully saturated rings.